The van der Waals surface area contributed by atoms with Crippen LogP contribution in [-0.4, -0.2) is 35.8 Å². The van der Waals surface area contributed by atoms with E-state index in [2.05, 4.69) is 5.32 Å². The fourth-order valence-corrected chi connectivity index (χ4v) is 4.08. The van der Waals surface area contributed by atoms with Crippen molar-refractivity contribution in [3.05, 3.63) is 107 Å². The van der Waals surface area contributed by atoms with E-state index in [1.807, 2.05) is 77.7 Å². The van der Waals surface area contributed by atoms with Crippen molar-refractivity contribution >= 4 is 17.8 Å². The highest BCUT2D eigenvalue weighted by atomic mass is 16.5. The first-order valence-electron chi connectivity index (χ1n) is 11.5. The Morgan fingerprint density at radius 1 is 0.882 bits per heavy atom. The smallest absolute Gasteiger partial charge is 0.338 e. The Bertz CT molecular complexity index is 1110. The molecule has 1 aliphatic heterocycles. The van der Waals surface area contributed by atoms with Gasteiger partial charge in [0.05, 0.1) is 11.6 Å². The average Bonchev–Trinajstić information content (AvgIpc) is 3.28. The van der Waals surface area contributed by atoms with E-state index >= 15 is 0 Å². The molecular weight excluding hydrogens is 428 g/mol. The van der Waals surface area contributed by atoms with Crippen molar-refractivity contribution in [3.8, 4) is 0 Å². The van der Waals surface area contributed by atoms with E-state index in [0.717, 1.165) is 29.7 Å². The summed E-state index contributed by atoms with van der Waals surface area (Å²) in [6.45, 7) is 0.950. The first-order valence-corrected chi connectivity index (χ1v) is 11.5. The molecule has 1 heterocycles. The highest BCUT2D eigenvalue weighted by Crippen LogP contribution is 2.19. The van der Waals surface area contributed by atoms with Crippen molar-refractivity contribution in [2.75, 3.05) is 13.2 Å². The summed E-state index contributed by atoms with van der Waals surface area (Å²) in [5.41, 5.74) is 3.41. The van der Waals surface area contributed by atoms with Crippen LogP contribution in [0.2, 0.25) is 0 Å². The number of hydrogen-bond acceptors (Lipinski definition) is 4. The van der Waals surface area contributed by atoms with Crippen LogP contribution in [0.1, 0.15) is 45.9 Å². The summed E-state index contributed by atoms with van der Waals surface area (Å²) in [7, 11) is 0. The van der Waals surface area contributed by atoms with Crippen LogP contribution < -0.4 is 5.32 Å². The van der Waals surface area contributed by atoms with Gasteiger partial charge in [-0.25, -0.2) is 4.79 Å². The maximum Gasteiger partial charge on any atom is 0.338 e. The number of nitrogens with zero attached hydrogens (tertiary/aromatic N) is 1. The molecule has 1 atom stereocenters. The van der Waals surface area contributed by atoms with Crippen LogP contribution in [0.3, 0.4) is 0 Å². The van der Waals surface area contributed by atoms with E-state index in [9.17, 15) is 14.4 Å². The number of esters is 1. The predicted octanol–water partition coefficient (Wildman–Crippen LogP) is 4.07. The van der Waals surface area contributed by atoms with Gasteiger partial charge in [-0.2, -0.15) is 0 Å². The van der Waals surface area contributed by atoms with Gasteiger partial charge in [-0.15, -0.1) is 0 Å². The molecule has 2 amide bonds. The lowest BCUT2D eigenvalue weighted by atomic mass is 9.99. The Morgan fingerprint density at radius 2 is 1.56 bits per heavy atom. The second-order valence-electron chi connectivity index (χ2n) is 8.41. The maximum atomic E-state index is 12.6. The molecule has 0 aromatic heterocycles. The molecule has 6 nitrogen and oxygen atoms in total. The summed E-state index contributed by atoms with van der Waals surface area (Å²) >= 11 is 0. The monoisotopic (exact) mass is 456 g/mol. The van der Waals surface area contributed by atoms with Gasteiger partial charge in [0.1, 0.15) is 0 Å². The number of carbonyl (C=O) groups excluding carboxylic acids is 3. The van der Waals surface area contributed by atoms with Crippen LogP contribution in [-0.2, 0) is 27.3 Å². The molecule has 0 saturated carbocycles. The van der Waals surface area contributed by atoms with Gasteiger partial charge in [0.25, 0.3) is 5.91 Å². The minimum Gasteiger partial charge on any atom is -0.452 e. The van der Waals surface area contributed by atoms with Crippen LogP contribution in [0.5, 0.6) is 0 Å². The van der Waals surface area contributed by atoms with Crippen LogP contribution in [0, 0.1) is 0 Å². The van der Waals surface area contributed by atoms with E-state index in [1.165, 1.54) is 0 Å². The van der Waals surface area contributed by atoms with E-state index < -0.39 is 5.97 Å². The molecule has 0 spiro atoms. The molecule has 1 fully saturated rings. The van der Waals surface area contributed by atoms with Crippen molar-refractivity contribution < 1.29 is 19.1 Å². The molecule has 0 bridgehead atoms. The van der Waals surface area contributed by atoms with Gasteiger partial charge >= 0.3 is 5.97 Å². The van der Waals surface area contributed by atoms with Gasteiger partial charge in [-0.1, -0.05) is 72.8 Å². The Hall–Kier alpha value is -3.93. The number of amides is 2. The highest BCUT2D eigenvalue weighted by molar-refractivity contribution is 5.91. The lowest BCUT2D eigenvalue weighted by Crippen LogP contribution is -2.33. The Labute approximate surface area is 199 Å². The summed E-state index contributed by atoms with van der Waals surface area (Å²) < 4.78 is 5.25. The zero-order chi connectivity index (χ0) is 23.8. The minimum atomic E-state index is -0.557. The van der Waals surface area contributed by atoms with Gasteiger partial charge in [0.2, 0.25) is 5.91 Å². The van der Waals surface area contributed by atoms with Crippen molar-refractivity contribution in [2.24, 2.45) is 0 Å². The van der Waals surface area contributed by atoms with Gasteiger partial charge in [0, 0.05) is 19.5 Å². The van der Waals surface area contributed by atoms with Gasteiger partial charge in [0.15, 0.2) is 6.61 Å². The fraction of sp³-hybridized carbons (Fsp3) is 0.250. The first kappa shape index (κ1) is 23.2. The number of hydrogen-bond donors (Lipinski definition) is 1. The number of rotatable bonds is 9. The third-order valence-corrected chi connectivity index (χ3v) is 5.89. The minimum absolute atomic E-state index is 0.163. The quantitative estimate of drug-likeness (QED) is 0.493. The SMILES string of the molecule is O=C(COC(=O)c1ccc(CN2CCCC2=O)cc1)NC(Cc1ccccc1)c1ccccc1. The summed E-state index contributed by atoms with van der Waals surface area (Å²) in [5.74, 6) is -0.754. The summed E-state index contributed by atoms with van der Waals surface area (Å²) in [6, 6.07) is 26.4. The van der Waals surface area contributed by atoms with E-state index in [0.29, 0.717) is 24.9 Å². The molecule has 1 aliphatic rings. The first-order chi connectivity index (χ1) is 16.6. The second kappa shape index (κ2) is 11.3. The number of benzene rings is 3. The lowest BCUT2D eigenvalue weighted by molar-refractivity contribution is -0.128. The standard InChI is InChI=1S/C28H28N2O4/c31-26(29-25(23-10-5-2-6-11-23)18-21-8-3-1-4-9-21)20-34-28(33)24-15-13-22(14-16-24)19-30-17-7-12-27(30)32/h1-6,8-11,13-16,25H,7,12,17-20H2,(H,29,31). The molecule has 4 rings (SSSR count). The number of nitrogens with one attached hydrogen (secondary N) is 1. The maximum absolute atomic E-state index is 12.6. The fourth-order valence-electron chi connectivity index (χ4n) is 4.08. The molecular formula is C28H28N2O4. The number of carbonyl (C=O) groups is 3. The lowest BCUT2D eigenvalue weighted by Gasteiger charge is -2.19. The summed E-state index contributed by atoms with van der Waals surface area (Å²) in [5, 5.41) is 2.99. The molecule has 3 aromatic carbocycles. The zero-order valence-electron chi connectivity index (χ0n) is 19.0. The number of ether oxygens (including phenoxy) is 1. The zero-order valence-corrected chi connectivity index (χ0v) is 19.0. The number of likely N-dealkylation sites (tertiary alicyclic amines) is 1. The van der Waals surface area contributed by atoms with E-state index in [1.54, 1.807) is 12.1 Å². The van der Waals surface area contributed by atoms with Crippen LogP contribution >= 0.6 is 0 Å². The van der Waals surface area contributed by atoms with Crippen LogP contribution in [0.25, 0.3) is 0 Å². The molecule has 1 N–H and O–H groups in total. The molecule has 34 heavy (non-hydrogen) atoms. The average molecular weight is 457 g/mol. The van der Waals surface area contributed by atoms with Crippen LogP contribution in [0.4, 0.5) is 0 Å². The normalized spacial score (nSPS) is 14.0. The molecule has 1 unspecified atom stereocenters. The molecule has 3 aromatic rings. The Morgan fingerprint density at radius 3 is 2.21 bits per heavy atom. The predicted molar refractivity (Wildman–Crippen MR) is 129 cm³/mol. The largest absolute Gasteiger partial charge is 0.452 e. The van der Waals surface area contributed by atoms with Gasteiger partial charge in [-0.3, -0.25) is 9.59 Å². The molecule has 1 saturated heterocycles. The summed E-state index contributed by atoms with van der Waals surface area (Å²) in [6.07, 6.45) is 2.12. The Kier molecular flexibility index (Phi) is 7.71. The molecule has 0 radical (unpaired) electrons. The van der Waals surface area contributed by atoms with Crippen molar-refractivity contribution in [1.29, 1.82) is 0 Å². The second-order valence-corrected chi connectivity index (χ2v) is 8.41. The van der Waals surface area contributed by atoms with E-state index in [-0.39, 0.29) is 24.5 Å². The molecule has 174 valence electrons. The third-order valence-electron chi connectivity index (χ3n) is 5.89. The topological polar surface area (TPSA) is 75.7 Å². The Balaban J connectivity index is 1.31. The third kappa shape index (κ3) is 6.32. The molecule has 6 heteroatoms. The van der Waals surface area contributed by atoms with Gasteiger partial charge in [-0.05, 0) is 41.7 Å². The molecule has 0 aliphatic carbocycles. The van der Waals surface area contributed by atoms with Crippen LogP contribution in [0.15, 0.2) is 84.9 Å². The van der Waals surface area contributed by atoms with Crippen molar-refractivity contribution in [2.45, 2.75) is 31.8 Å². The summed E-state index contributed by atoms with van der Waals surface area (Å²) in [4.78, 5) is 38.6. The van der Waals surface area contributed by atoms with Crippen molar-refractivity contribution in [3.63, 3.8) is 0 Å². The van der Waals surface area contributed by atoms with E-state index in [4.69, 9.17) is 4.74 Å². The van der Waals surface area contributed by atoms with Gasteiger partial charge < -0.3 is 15.0 Å². The highest BCUT2D eigenvalue weighted by Gasteiger charge is 2.20. The van der Waals surface area contributed by atoms with Crippen molar-refractivity contribution in [1.82, 2.24) is 10.2 Å².